The lowest BCUT2D eigenvalue weighted by atomic mass is 9.94. The lowest BCUT2D eigenvalue weighted by molar-refractivity contribution is -0.221. The minimum atomic E-state index is -0.467. The van der Waals surface area contributed by atoms with Crippen LogP contribution in [0.15, 0.2) is 0 Å². The monoisotopic (exact) mass is 422 g/mol. The van der Waals surface area contributed by atoms with Crippen molar-refractivity contribution >= 4 is 0 Å². The van der Waals surface area contributed by atoms with Gasteiger partial charge in [0.25, 0.3) is 0 Å². The lowest BCUT2D eigenvalue weighted by Gasteiger charge is -2.34. The summed E-state index contributed by atoms with van der Waals surface area (Å²) in [6, 6.07) is 0. The molecule has 0 unspecified atom stereocenters. The smallest absolute Gasteiger partial charge is 0.169 e. The quantitative estimate of drug-likeness (QED) is 0.649. The Kier molecular flexibility index (Phi) is 5.41. The third kappa shape index (κ3) is 3.65. The molecule has 3 aliphatic heterocycles. The van der Waals surface area contributed by atoms with Crippen molar-refractivity contribution in [1.29, 1.82) is 0 Å². The first-order valence-corrected chi connectivity index (χ1v) is 12.7. The highest BCUT2D eigenvalue weighted by molar-refractivity contribution is 5.00. The van der Waals surface area contributed by atoms with Crippen molar-refractivity contribution < 1.29 is 28.4 Å². The van der Waals surface area contributed by atoms with E-state index in [9.17, 15) is 0 Å². The van der Waals surface area contributed by atoms with Gasteiger partial charge < -0.3 is 28.4 Å². The summed E-state index contributed by atoms with van der Waals surface area (Å²) in [5.74, 6) is -1.25. The van der Waals surface area contributed by atoms with Crippen molar-refractivity contribution in [2.45, 2.75) is 138 Å². The maximum atomic E-state index is 6.75. The first kappa shape index (κ1) is 20.4. The van der Waals surface area contributed by atoms with Crippen LogP contribution in [-0.4, -0.2) is 55.0 Å². The van der Waals surface area contributed by atoms with Crippen LogP contribution in [0.1, 0.15) is 96.3 Å². The molecule has 0 amide bonds. The van der Waals surface area contributed by atoms with Crippen LogP contribution < -0.4 is 0 Å². The Morgan fingerprint density at radius 3 is 1.17 bits per heavy atom. The van der Waals surface area contributed by atoms with E-state index in [0.29, 0.717) is 13.2 Å². The summed E-state index contributed by atoms with van der Waals surface area (Å²) in [4.78, 5) is 0. The third-order valence-electron chi connectivity index (χ3n) is 8.36. The standard InChI is InChI=1S/C24H38O6/c1-4-10-22(11-5-1)25-16-18(27-22)20-21(30-24(29-20)14-8-3-9-15-24)19-17-26-23(28-19)12-6-2-7-13-23/h18-21H,1-17H2/t18-,19+,20-,21-/m0/s1. The van der Waals surface area contributed by atoms with E-state index in [1.54, 1.807) is 0 Å². The summed E-state index contributed by atoms with van der Waals surface area (Å²) in [6.07, 6.45) is 16.4. The maximum Gasteiger partial charge on any atom is 0.169 e. The molecule has 3 spiro atoms. The van der Waals surface area contributed by atoms with E-state index in [-0.39, 0.29) is 24.4 Å². The van der Waals surface area contributed by atoms with Gasteiger partial charge in [-0.3, -0.25) is 0 Å². The second-order valence-electron chi connectivity index (χ2n) is 10.5. The number of rotatable bonds is 2. The summed E-state index contributed by atoms with van der Waals surface area (Å²) < 4.78 is 39.3. The van der Waals surface area contributed by atoms with Crippen molar-refractivity contribution in [3.05, 3.63) is 0 Å². The molecule has 0 aromatic rings. The number of hydrogen-bond donors (Lipinski definition) is 0. The minimum Gasteiger partial charge on any atom is -0.347 e. The van der Waals surface area contributed by atoms with E-state index in [0.717, 1.165) is 51.4 Å². The molecule has 3 saturated carbocycles. The van der Waals surface area contributed by atoms with Crippen molar-refractivity contribution in [2.75, 3.05) is 13.2 Å². The van der Waals surface area contributed by atoms with Crippen LogP contribution in [0.3, 0.4) is 0 Å². The summed E-state index contributed by atoms with van der Waals surface area (Å²) in [6.45, 7) is 1.19. The number of hydrogen-bond acceptors (Lipinski definition) is 6. The molecule has 6 nitrogen and oxygen atoms in total. The van der Waals surface area contributed by atoms with Gasteiger partial charge in [-0.15, -0.1) is 0 Å². The fraction of sp³-hybridized carbons (Fsp3) is 1.00. The first-order valence-electron chi connectivity index (χ1n) is 12.7. The summed E-state index contributed by atoms with van der Waals surface area (Å²) in [5.41, 5.74) is 0. The molecular weight excluding hydrogens is 384 g/mol. The van der Waals surface area contributed by atoms with Gasteiger partial charge in [-0.25, -0.2) is 0 Å². The first-order chi connectivity index (χ1) is 14.7. The van der Waals surface area contributed by atoms with Crippen molar-refractivity contribution in [1.82, 2.24) is 0 Å². The molecule has 0 aromatic carbocycles. The van der Waals surface area contributed by atoms with Crippen LogP contribution in [-0.2, 0) is 28.4 Å². The molecule has 3 heterocycles. The summed E-state index contributed by atoms with van der Waals surface area (Å²) >= 11 is 0. The Hall–Kier alpha value is -0.240. The minimum absolute atomic E-state index is 0.0825. The second kappa shape index (κ2) is 7.96. The number of ether oxygens (including phenoxy) is 6. The molecule has 6 fully saturated rings. The topological polar surface area (TPSA) is 55.4 Å². The maximum absolute atomic E-state index is 6.75. The highest BCUT2D eigenvalue weighted by Crippen LogP contribution is 2.48. The van der Waals surface area contributed by atoms with E-state index in [1.807, 2.05) is 0 Å². The van der Waals surface area contributed by atoms with Crippen molar-refractivity contribution in [3.63, 3.8) is 0 Å². The molecule has 4 atom stereocenters. The molecule has 0 radical (unpaired) electrons. The van der Waals surface area contributed by atoms with E-state index >= 15 is 0 Å². The Bertz CT molecular complexity index is 559. The predicted molar refractivity (Wildman–Crippen MR) is 109 cm³/mol. The highest BCUT2D eigenvalue weighted by atomic mass is 16.8. The van der Waals surface area contributed by atoms with Crippen LogP contribution in [0, 0.1) is 0 Å². The molecule has 3 saturated heterocycles. The van der Waals surface area contributed by atoms with Gasteiger partial charge in [-0.05, 0) is 38.5 Å². The van der Waals surface area contributed by atoms with E-state index in [1.165, 1.54) is 44.9 Å². The second-order valence-corrected chi connectivity index (χ2v) is 10.5. The average Bonchev–Trinajstić information content (AvgIpc) is 3.47. The average molecular weight is 423 g/mol. The van der Waals surface area contributed by atoms with Gasteiger partial charge in [0.05, 0.1) is 13.2 Å². The van der Waals surface area contributed by atoms with Crippen LogP contribution in [0.5, 0.6) is 0 Å². The molecular formula is C24H38O6. The molecule has 6 rings (SSSR count). The molecule has 170 valence electrons. The van der Waals surface area contributed by atoms with Gasteiger partial charge >= 0.3 is 0 Å². The fourth-order valence-corrected chi connectivity index (χ4v) is 6.74. The molecule has 6 aliphatic rings. The van der Waals surface area contributed by atoms with Crippen LogP contribution in [0.25, 0.3) is 0 Å². The summed E-state index contributed by atoms with van der Waals surface area (Å²) in [7, 11) is 0. The molecule has 30 heavy (non-hydrogen) atoms. The Balaban J connectivity index is 1.21. The van der Waals surface area contributed by atoms with Gasteiger partial charge in [0.15, 0.2) is 17.4 Å². The normalized spacial score (nSPS) is 42.4. The summed E-state index contributed by atoms with van der Waals surface area (Å²) in [5, 5.41) is 0. The van der Waals surface area contributed by atoms with Gasteiger partial charge in [0, 0.05) is 38.5 Å². The SMILES string of the molecule is C1CCC2(CC1)O[C@@H]([C@@H]1COC3(CCCCC3)O1)[C@H]([C@H]1COC3(CCCCC3)O1)O2. The molecule has 0 bridgehead atoms. The van der Waals surface area contributed by atoms with E-state index in [2.05, 4.69) is 0 Å². The van der Waals surface area contributed by atoms with Crippen LogP contribution in [0.2, 0.25) is 0 Å². The van der Waals surface area contributed by atoms with E-state index in [4.69, 9.17) is 28.4 Å². The zero-order valence-electron chi connectivity index (χ0n) is 18.3. The molecule has 6 heteroatoms. The largest absolute Gasteiger partial charge is 0.347 e. The fourth-order valence-electron chi connectivity index (χ4n) is 6.74. The lowest BCUT2D eigenvalue weighted by Crippen LogP contribution is -2.46. The Morgan fingerprint density at radius 2 is 0.767 bits per heavy atom. The third-order valence-corrected chi connectivity index (χ3v) is 8.36. The Labute approximate surface area is 180 Å². The van der Waals surface area contributed by atoms with Crippen LogP contribution >= 0.6 is 0 Å². The van der Waals surface area contributed by atoms with Gasteiger partial charge in [-0.1, -0.05) is 19.3 Å². The zero-order chi connectivity index (χ0) is 20.1. The van der Waals surface area contributed by atoms with Gasteiger partial charge in [-0.2, -0.15) is 0 Å². The predicted octanol–water partition coefficient (Wildman–Crippen LogP) is 4.58. The van der Waals surface area contributed by atoms with Crippen LogP contribution in [0.4, 0.5) is 0 Å². The molecule has 3 aliphatic carbocycles. The Morgan fingerprint density at radius 1 is 0.400 bits per heavy atom. The molecule has 0 aromatic heterocycles. The van der Waals surface area contributed by atoms with Gasteiger partial charge in [0.1, 0.15) is 24.4 Å². The molecule has 0 N–H and O–H groups in total. The van der Waals surface area contributed by atoms with Gasteiger partial charge in [0.2, 0.25) is 0 Å². The van der Waals surface area contributed by atoms with Crippen molar-refractivity contribution in [2.24, 2.45) is 0 Å². The van der Waals surface area contributed by atoms with Crippen molar-refractivity contribution in [3.8, 4) is 0 Å². The van der Waals surface area contributed by atoms with E-state index < -0.39 is 17.4 Å². The highest BCUT2D eigenvalue weighted by Gasteiger charge is 2.59. The zero-order valence-corrected chi connectivity index (χ0v) is 18.3.